The molecule has 0 unspecified atom stereocenters. The van der Waals surface area contributed by atoms with E-state index in [1.54, 1.807) is 6.08 Å². The molecule has 0 aromatic heterocycles. The van der Waals surface area contributed by atoms with Crippen molar-refractivity contribution in [2.24, 2.45) is 16.2 Å². The summed E-state index contributed by atoms with van der Waals surface area (Å²) >= 11 is 0. The number of Topliss-reactive ketones (excluding diaryl/α,β-unsaturated/α-hetero) is 1. The number of hydrogen-bond acceptors (Lipinski definition) is 3. The number of hydrogen-bond donors (Lipinski definition) is 0. The highest BCUT2D eigenvalue weighted by atomic mass is 16.2. The first-order valence-electron chi connectivity index (χ1n) is 7.62. The molecule has 2 rings (SSSR count). The molecule has 1 heterocycles. The molecule has 2 aliphatic rings. The lowest BCUT2D eigenvalue weighted by Gasteiger charge is -2.48. The van der Waals surface area contributed by atoms with Gasteiger partial charge in [0.25, 0.3) is 0 Å². The van der Waals surface area contributed by atoms with Gasteiger partial charge in [0, 0.05) is 23.9 Å². The van der Waals surface area contributed by atoms with Crippen molar-refractivity contribution in [3.05, 3.63) is 23.3 Å². The standard InChI is InChI=1S/C18H24N2O2/c1-16(2,3)15(22)20-8-7-13-17(4,5)14(21)12(10-19)9-18(13,6)11-20/h7,9H,8,11H2,1-6H3/t18-/m1/s1. The normalized spacial score (nSPS) is 27.5. The predicted molar refractivity (Wildman–Crippen MR) is 84.7 cm³/mol. The van der Waals surface area contributed by atoms with Gasteiger partial charge in [-0.2, -0.15) is 5.26 Å². The van der Waals surface area contributed by atoms with Crippen molar-refractivity contribution in [3.8, 4) is 6.07 Å². The molecule has 4 heteroatoms. The van der Waals surface area contributed by atoms with Crippen LogP contribution in [-0.2, 0) is 9.59 Å². The van der Waals surface area contributed by atoms with Crippen molar-refractivity contribution in [1.29, 1.82) is 5.26 Å². The molecular formula is C18H24N2O2. The Kier molecular flexibility index (Phi) is 3.60. The van der Waals surface area contributed by atoms with E-state index in [9.17, 15) is 14.9 Å². The van der Waals surface area contributed by atoms with Crippen molar-refractivity contribution in [3.63, 3.8) is 0 Å². The van der Waals surface area contributed by atoms with Crippen LogP contribution in [-0.4, -0.2) is 29.7 Å². The maximum absolute atomic E-state index is 12.6. The third-order valence-electron chi connectivity index (χ3n) is 4.65. The zero-order valence-electron chi connectivity index (χ0n) is 14.3. The number of ketones is 1. The fourth-order valence-corrected chi connectivity index (χ4v) is 3.63. The molecule has 1 atom stereocenters. The summed E-state index contributed by atoms with van der Waals surface area (Å²) in [6.45, 7) is 12.5. The molecule has 22 heavy (non-hydrogen) atoms. The Hall–Kier alpha value is -1.89. The maximum Gasteiger partial charge on any atom is 0.228 e. The Balaban J connectivity index is 2.49. The number of nitrogens with zero attached hydrogens (tertiary/aromatic N) is 2. The second kappa shape index (κ2) is 4.81. The fraction of sp³-hybridized carbons (Fsp3) is 0.611. The maximum atomic E-state index is 12.6. The summed E-state index contributed by atoms with van der Waals surface area (Å²) in [6, 6.07) is 2.02. The Morgan fingerprint density at radius 3 is 2.41 bits per heavy atom. The largest absolute Gasteiger partial charge is 0.337 e. The highest BCUT2D eigenvalue weighted by molar-refractivity contribution is 6.06. The molecule has 1 aliphatic carbocycles. The summed E-state index contributed by atoms with van der Waals surface area (Å²) in [5.74, 6) is -0.0417. The Morgan fingerprint density at radius 1 is 1.32 bits per heavy atom. The molecule has 4 nitrogen and oxygen atoms in total. The molecule has 0 radical (unpaired) electrons. The van der Waals surface area contributed by atoms with Gasteiger partial charge in [-0.05, 0) is 19.4 Å². The van der Waals surface area contributed by atoms with Crippen LogP contribution >= 0.6 is 0 Å². The van der Waals surface area contributed by atoms with Crippen LogP contribution in [0.3, 0.4) is 0 Å². The molecule has 1 aliphatic heterocycles. The minimum Gasteiger partial charge on any atom is -0.337 e. The van der Waals surface area contributed by atoms with E-state index in [1.165, 1.54) is 0 Å². The van der Waals surface area contributed by atoms with Crippen LogP contribution in [0.1, 0.15) is 41.5 Å². The number of fused-ring (bicyclic) bond motifs is 1. The van der Waals surface area contributed by atoms with Crippen LogP contribution in [0.2, 0.25) is 0 Å². The van der Waals surface area contributed by atoms with Crippen LogP contribution in [0.15, 0.2) is 23.3 Å². The van der Waals surface area contributed by atoms with Gasteiger partial charge >= 0.3 is 0 Å². The first kappa shape index (κ1) is 16.5. The molecule has 0 saturated carbocycles. The lowest BCUT2D eigenvalue weighted by molar-refractivity contribution is -0.140. The van der Waals surface area contributed by atoms with E-state index < -0.39 is 16.2 Å². The second-order valence-corrected chi connectivity index (χ2v) is 8.09. The lowest BCUT2D eigenvalue weighted by Crippen LogP contribution is -2.52. The molecule has 1 amide bonds. The summed E-state index contributed by atoms with van der Waals surface area (Å²) in [5, 5.41) is 9.26. The number of rotatable bonds is 0. The van der Waals surface area contributed by atoms with Gasteiger partial charge in [0.05, 0.1) is 11.0 Å². The van der Waals surface area contributed by atoms with Gasteiger partial charge < -0.3 is 4.90 Å². The SMILES string of the molecule is CC(C)(C)C(=O)N1CC=C2C(C)(C)C(=O)C(C#N)=C[C@]2(C)C1. The Labute approximate surface area is 132 Å². The molecule has 0 spiro atoms. The zero-order chi connectivity index (χ0) is 16.9. The molecular weight excluding hydrogens is 276 g/mol. The van der Waals surface area contributed by atoms with Crippen molar-refractivity contribution < 1.29 is 9.59 Å². The first-order valence-corrected chi connectivity index (χ1v) is 7.62. The number of nitriles is 1. The molecule has 118 valence electrons. The average molecular weight is 300 g/mol. The van der Waals surface area contributed by atoms with E-state index in [4.69, 9.17) is 0 Å². The van der Waals surface area contributed by atoms with E-state index in [2.05, 4.69) is 0 Å². The highest BCUT2D eigenvalue weighted by Crippen LogP contribution is 2.49. The Morgan fingerprint density at radius 2 is 1.91 bits per heavy atom. The summed E-state index contributed by atoms with van der Waals surface area (Å²) in [5.41, 5.74) is -0.368. The molecule has 0 N–H and O–H groups in total. The van der Waals surface area contributed by atoms with Gasteiger partial charge in [0.1, 0.15) is 6.07 Å². The first-order chi connectivity index (χ1) is 9.93. The Bertz CT molecular complexity index is 641. The molecule has 0 fully saturated rings. The third-order valence-corrected chi connectivity index (χ3v) is 4.65. The minimum absolute atomic E-state index is 0.0886. The van der Waals surface area contributed by atoms with E-state index in [1.807, 2.05) is 58.6 Å². The van der Waals surface area contributed by atoms with Crippen LogP contribution in [0.5, 0.6) is 0 Å². The van der Waals surface area contributed by atoms with Crippen LogP contribution in [0.4, 0.5) is 0 Å². The number of allylic oxidation sites excluding steroid dienone is 1. The van der Waals surface area contributed by atoms with E-state index >= 15 is 0 Å². The number of carbonyl (C=O) groups excluding carboxylic acids is 2. The van der Waals surface area contributed by atoms with E-state index in [-0.39, 0.29) is 17.3 Å². The average Bonchev–Trinajstić information content (AvgIpc) is 2.40. The summed E-state index contributed by atoms with van der Waals surface area (Å²) in [7, 11) is 0. The van der Waals surface area contributed by atoms with Gasteiger partial charge in [-0.3, -0.25) is 9.59 Å². The molecule has 0 aromatic rings. The summed E-state index contributed by atoms with van der Waals surface area (Å²) in [6.07, 6.45) is 3.74. The third kappa shape index (κ3) is 2.39. The van der Waals surface area contributed by atoms with Crippen molar-refractivity contribution in [2.75, 3.05) is 13.1 Å². The van der Waals surface area contributed by atoms with Gasteiger partial charge in [0.2, 0.25) is 5.91 Å². The predicted octanol–water partition coefficient (Wildman–Crippen LogP) is 2.87. The van der Waals surface area contributed by atoms with E-state index in [0.29, 0.717) is 13.1 Å². The van der Waals surface area contributed by atoms with Gasteiger partial charge in [-0.1, -0.05) is 39.8 Å². The summed E-state index contributed by atoms with van der Waals surface area (Å²) in [4.78, 5) is 26.8. The lowest BCUT2D eigenvalue weighted by atomic mass is 9.60. The number of carbonyl (C=O) groups is 2. The fourth-order valence-electron chi connectivity index (χ4n) is 3.63. The van der Waals surface area contributed by atoms with Crippen molar-refractivity contribution >= 4 is 11.7 Å². The van der Waals surface area contributed by atoms with Gasteiger partial charge in [0.15, 0.2) is 5.78 Å². The van der Waals surface area contributed by atoms with Crippen LogP contribution in [0.25, 0.3) is 0 Å². The summed E-state index contributed by atoms with van der Waals surface area (Å²) < 4.78 is 0. The van der Waals surface area contributed by atoms with Gasteiger partial charge in [-0.25, -0.2) is 0 Å². The van der Waals surface area contributed by atoms with Crippen molar-refractivity contribution in [1.82, 2.24) is 4.90 Å². The highest BCUT2D eigenvalue weighted by Gasteiger charge is 2.49. The smallest absolute Gasteiger partial charge is 0.228 e. The monoisotopic (exact) mass is 300 g/mol. The topological polar surface area (TPSA) is 61.2 Å². The molecule has 0 saturated heterocycles. The van der Waals surface area contributed by atoms with E-state index in [0.717, 1.165) is 5.57 Å². The minimum atomic E-state index is -0.689. The quantitative estimate of drug-likeness (QED) is 0.646. The van der Waals surface area contributed by atoms with Crippen LogP contribution in [0, 0.1) is 27.6 Å². The zero-order valence-corrected chi connectivity index (χ0v) is 14.3. The van der Waals surface area contributed by atoms with Crippen molar-refractivity contribution in [2.45, 2.75) is 41.5 Å². The number of amides is 1. The van der Waals surface area contributed by atoms with Crippen LogP contribution < -0.4 is 0 Å². The molecule has 0 aromatic carbocycles. The second-order valence-electron chi connectivity index (χ2n) is 8.09. The molecule has 0 bridgehead atoms. The van der Waals surface area contributed by atoms with Gasteiger partial charge in [-0.15, -0.1) is 0 Å².